The second-order valence-corrected chi connectivity index (χ2v) is 8.53. The molecule has 0 heterocycles. The van der Waals surface area contributed by atoms with E-state index in [0.717, 1.165) is 36.0 Å². The number of halogens is 3. The predicted molar refractivity (Wildman–Crippen MR) is 110 cm³/mol. The fourth-order valence-corrected chi connectivity index (χ4v) is 5.68. The van der Waals surface area contributed by atoms with Gasteiger partial charge in [-0.3, -0.25) is 4.79 Å². The van der Waals surface area contributed by atoms with E-state index in [1.54, 1.807) is 13.0 Å². The molecule has 2 aliphatic rings. The number of alkyl halides is 1. The van der Waals surface area contributed by atoms with Crippen molar-refractivity contribution in [2.24, 2.45) is 5.41 Å². The number of benzene rings is 1. The Balaban J connectivity index is 2.05. The third kappa shape index (κ3) is 3.54. The molecule has 0 amide bonds. The first kappa shape index (κ1) is 20.7. The van der Waals surface area contributed by atoms with E-state index < -0.39 is 5.97 Å². The van der Waals surface area contributed by atoms with Gasteiger partial charge in [0.2, 0.25) is 0 Å². The average Bonchev–Trinajstić information content (AvgIpc) is 2.86. The Morgan fingerprint density at radius 1 is 1.33 bits per heavy atom. The summed E-state index contributed by atoms with van der Waals surface area (Å²) in [5.74, 6) is -0.0146. The largest absolute Gasteiger partial charge is 0.480 e. The summed E-state index contributed by atoms with van der Waals surface area (Å²) >= 11 is 16.9. The molecule has 0 aromatic heterocycles. The number of ketones is 1. The van der Waals surface area contributed by atoms with Gasteiger partial charge in [-0.2, -0.15) is 0 Å². The maximum atomic E-state index is 12.1. The Morgan fingerprint density at radius 3 is 2.74 bits per heavy atom. The first-order valence-corrected chi connectivity index (χ1v) is 10.7. The van der Waals surface area contributed by atoms with Gasteiger partial charge in [0.1, 0.15) is 10.8 Å². The summed E-state index contributed by atoms with van der Waals surface area (Å²) in [6, 6.07) is 1.82. The molecule has 1 aromatic rings. The minimum Gasteiger partial charge on any atom is -0.480 e. The summed E-state index contributed by atoms with van der Waals surface area (Å²) in [5, 5.41) is 0.599. The van der Waals surface area contributed by atoms with Crippen molar-refractivity contribution in [2.45, 2.75) is 44.4 Å². The number of carbonyl (C=O) groups is 2. The Labute approximate surface area is 177 Å². The number of fused-ring (bicyclic) bond motifs is 3. The monoisotopic (exact) mass is 474 g/mol. The van der Waals surface area contributed by atoms with Crippen LogP contribution >= 0.6 is 39.1 Å². The highest BCUT2D eigenvalue weighted by atomic mass is 79.9. The molecule has 7 heteroatoms. The van der Waals surface area contributed by atoms with Gasteiger partial charge >= 0.3 is 5.97 Å². The van der Waals surface area contributed by atoms with E-state index in [1.807, 2.05) is 6.07 Å². The zero-order chi connectivity index (χ0) is 19.8. The molecule has 0 saturated carbocycles. The first-order chi connectivity index (χ1) is 12.9. The van der Waals surface area contributed by atoms with Gasteiger partial charge in [-0.25, -0.2) is 4.79 Å². The van der Waals surface area contributed by atoms with Gasteiger partial charge in [-0.15, -0.1) is 0 Å². The molecule has 2 atom stereocenters. The Hall–Kier alpha value is -1.04. The smallest absolute Gasteiger partial charge is 0.344 e. The topological polar surface area (TPSA) is 52.6 Å². The van der Waals surface area contributed by atoms with Crippen molar-refractivity contribution < 1.29 is 19.1 Å². The van der Waals surface area contributed by atoms with E-state index in [1.165, 1.54) is 0 Å². The highest BCUT2D eigenvalue weighted by Gasteiger charge is 2.51. The molecular formula is C20H21BrCl2O4. The first-order valence-electron chi connectivity index (χ1n) is 9.05. The minimum atomic E-state index is -0.468. The van der Waals surface area contributed by atoms with Crippen LogP contribution in [-0.4, -0.2) is 25.0 Å². The fourth-order valence-electron chi connectivity index (χ4n) is 4.11. The molecule has 0 bridgehead atoms. The second-order valence-electron chi connectivity index (χ2n) is 6.85. The van der Waals surface area contributed by atoms with Crippen LogP contribution in [0.25, 0.3) is 5.57 Å². The normalized spacial score (nSPS) is 23.5. The van der Waals surface area contributed by atoms with Crippen molar-refractivity contribution in [3.8, 4) is 5.75 Å². The molecule has 3 rings (SSSR count). The summed E-state index contributed by atoms with van der Waals surface area (Å²) in [5.41, 5.74) is 2.53. The maximum Gasteiger partial charge on any atom is 0.344 e. The molecular weight excluding hydrogens is 455 g/mol. The van der Waals surface area contributed by atoms with Crippen molar-refractivity contribution in [1.82, 2.24) is 0 Å². The van der Waals surface area contributed by atoms with E-state index in [9.17, 15) is 9.59 Å². The molecule has 0 N–H and O–H groups in total. The fraction of sp³-hybridized carbons (Fsp3) is 0.500. The van der Waals surface area contributed by atoms with Crippen molar-refractivity contribution in [2.75, 3.05) is 13.2 Å². The van der Waals surface area contributed by atoms with Gasteiger partial charge in [-0.1, -0.05) is 52.5 Å². The van der Waals surface area contributed by atoms with Crippen LogP contribution in [0.2, 0.25) is 10.0 Å². The van der Waals surface area contributed by atoms with E-state index in [0.29, 0.717) is 17.2 Å². The van der Waals surface area contributed by atoms with Gasteiger partial charge in [-0.05, 0) is 43.0 Å². The minimum absolute atomic E-state index is 0.000917. The zero-order valence-corrected chi connectivity index (χ0v) is 18.3. The SMILES string of the molecule is CCC[C@@]12CCC(=O)C=C1c1c(cc(OCC(=O)OCC)c(Cl)c1Cl)C2Br. The summed E-state index contributed by atoms with van der Waals surface area (Å²) < 4.78 is 10.5. The lowest BCUT2D eigenvalue weighted by Crippen LogP contribution is -2.27. The zero-order valence-electron chi connectivity index (χ0n) is 15.2. The summed E-state index contributed by atoms with van der Waals surface area (Å²) in [4.78, 5) is 23.7. The molecule has 0 fully saturated rings. The Kier molecular flexibility index (Phi) is 6.24. The van der Waals surface area contributed by atoms with E-state index in [4.69, 9.17) is 32.7 Å². The number of esters is 1. The number of allylic oxidation sites excluding steroid dienone is 2. The Morgan fingerprint density at radius 2 is 2.07 bits per heavy atom. The van der Waals surface area contributed by atoms with Crippen LogP contribution in [0.1, 0.15) is 55.5 Å². The molecule has 146 valence electrons. The molecule has 0 saturated heterocycles. The number of hydrogen-bond acceptors (Lipinski definition) is 4. The average molecular weight is 476 g/mol. The van der Waals surface area contributed by atoms with Crippen LogP contribution in [0.3, 0.4) is 0 Å². The van der Waals surface area contributed by atoms with Gasteiger partial charge in [0.05, 0.1) is 11.6 Å². The number of hydrogen-bond donors (Lipinski definition) is 0. The maximum absolute atomic E-state index is 12.1. The van der Waals surface area contributed by atoms with Crippen LogP contribution in [-0.2, 0) is 14.3 Å². The van der Waals surface area contributed by atoms with Crippen LogP contribution in [0.5, 0.6) is 5.75 Å². The summed E-state index contributed by atoms with van der Waals surface area (Å²) in [6.45, 7) is 3.91. The molecule has 0 radical (unpaired) electrons. The number of ether oxygens (including phenoxy) is 2. The van der Waals surface area contributed by atoms with Crippen molar-refractivity contribution in [3.63, 3.8) is 0 Å². The highest BCUT2D eigenvalue weighted by molar-refractivity contribution is 9.09. The molecule has 1 aromatic carbocycles. The molecule has 27 heavy (non-hydrogen) atoms. The summed E-state index contributed by atoms with van der Waals surface area (Å²) in [7, 11) is 0. The van der Waals surface area contributed by atoms with Crippen molar-refractivity contribution in [3.05, 3.63) is 33.3 Å². The van der Waals surface area contributed by atoms with E-state index >= 15 is 0 Å². The molecule has 4 nitrogen and oxygen atoms in total. The number of carbonyl (C=O) groups excluding carboxylic acids is 2. The van der Waals surface area contributed by atoms with Gasteiger partial charge in [0, 0.05) is 22.2 Å². The quantitative estimate of drug-likeness (QED) is 0.378. The third-order valence-electron chi connectivity index (χ3n) is 5.24. The second kappa shape index (κ2) is 8.14. The molecule has 1 unspecified atom stereocenters. The van der Waals surface area contributed by atoms with Gasteiger partial charge in [0.25, 0.3) is 0 Å². The lowest BCUT2D eigenvalue weighted by molar-refractivity contribution is -0.145. The van der Waals surface area contributed by atoms with E-state index in [2.05, 4.69) is 22.9 Å². The standard InChI is InChI=1S/C20H21BrCl2O4/c1-3-6-20-7-5-11(24)8-13(20)16-12(19(20)21)9-14(17(22)18(16)23)27-10-15(25)26-4-2/h8-9,19H,3-7,10H2,1-2H3/t19?,20-/m1/s1. The summed E-state index contributed by atoms with van der Waals surface area (Å²) in [6.07, 6.45) is 4.93. The highest BCUT2D eigenvalue weighted by Crippen LogP contribution is 2.66. The number of rotatable bonds is 6. The molecule has 2 aliphatic carbocycles. The van der Waals surface area contributed by atoms with Gasteiger partial charge < -0.3 is 9.47 Å². The van der Waals surface area contributed by atoms with Gasteiger partial charge in [0.15, 0.2) is 12.4 Å². The van der Waals surface area contributed by atoms with Crippen LogP contribution in [0.15, 0.2) is 12.1 Å². The van der Waals surface area contributed by atoms with Crippen LogP contribution in [0, 0.1) is 5.41 Å². The van der Waals surface area contributed by atoms with Crippen LogP contribution < -0.4 is 4.74 Å². The molecule has 0 aliphatic heterocycles. The lowest BCUT2D eigenvalue weighted by Gasteiger charge is -2.36. The van der Waals surface area contributed by atoms with Crippen LogP contribution in [0.4, 0.5) is 0 Å². The molecule has 0 spiro atoms. The Bertz CT molecular complexity index is 821. The predicted octanol–water partition coefficient (Wildman–Crippen LogP) is 5.92. The lowest BCUT2D eigenvalue weighted by atomic mass is 9.70. The third-order valence-corrected chi connectivity index (χ3v) is 7.46. The van der Waals surface area contributed by atoms with Crippen molar-refractivity contribution in [1.29, 1.82) is 0 Å². The van der Waals surface area contributed by atoms with Crippen molar-refractivity contribution >= 4 is 56.5 Å². The van der Waals surface area contributed by atoms with E-state index in [-0.39, 0.29) is 34.3 Å².